The first-order valence-corrected chi connectivity index (χ1v) is 10.1. The van der Waals surface area contributed by atoms with Crippen LogP contribution in [0.5, 0.6) is 11.5 Å². The molecular weight excluding hydrogens is 384 g/mol. The van der Waals surface area contributed by atoms with Crippen LogP contribution in [-0.4, -0.2) is 36.7 Å². The summed E-state index contributed by atoms with van der Waals surface area (Å²) >= 11 is 1.34. The van der Waals surface area contributed by atoms with Crippen LogP contribution in [0.25, 0.3) is 6.08 Å². The molecule has 29 heavy (non-hydrogen) atoms. The van der Waals surface area contributed by atoms with Crippen molar-refractivity contribution < 1.29 is 14.3 Å². The Labute approximate surface area is 175 Å². The maximum Gasteiger partial charge on any atom is 0.266 e. The number of methoxy groups -OCH3 is 1. The van der Waals surface area contributed by atoms with Crippen LogP contribution in [0.4, 0.5) is 5.69 Å². The SMILES string of the molecule is C=CCOc1c(/C=C2/SC(=Nc3ccc(CC)cc3)N(C)C2=O)cccc1OC. The first-order chi connectivity index (χ1) is 14.1. The molecule has 1 amide bonds. The van der Waals surface area contributed by atoms with Crippen molar-refractivity contribution in [3.05, 3.63) is 71.2 Å². The Morgan fingerprint density at radius 1 is 1.21 bits per heavy atom. The minimum Gasteiger partial charge on any atom is -0.493 e. The van der Waals surface area contributed by atoms with E-state index >= 15 is 0 Å². The topological polar surface area (TPSA) is 51.1 Å². The predicted molar refractivity (Wildman–Crippen MR) is 120 cm³/mol. The van der Waals surface area contributed by atoms with Crippen LogP contribution >= 0.6 is 11.8 Å². The number of amides is 1. The fraction of sp³-hybridized carbons (Fsp3) is 0.217. The standard InChI is InChI=1S/C23H24N2O3S/c1-5-14-28-21-17(8-7-9-19(21)27-4)15-20-22(26)25(3)23(29-20)24-18-12-10-16(6-2)11-13-18/h5,7-13,15H,1,6,14H2,2-4H3/b20-15+,24-23?. The lowest BCUT2D eigenvalue weighted by atomic mass is 10.1. The molecule has 0 bridgehead atoms. The number of carbonyl (C=O) groups excluding carboxylic acids is 1. The third kappa shape index (κ3) is 4.71. The minimum atomic E-state index is -0.101. The summed E-state index contributed by atoms with van der Waals surface area (Å²) in [6.45, 7) is 6.14. The highest BCUT2D eigenvalue weighted by Gasteiger charge is 2.30. The molecule has 5 nitrogen and oxygen atoms in total. The Morgan fingerprint density at radius 3 is 2.62 bits per heavy atom. The second-order valence-electron chi connectivity index (χ2n) is 6.37. The van der Waals surface area contributed by atoms with Gasteiger partial charge in [0.1, 0.15) is 6.61 Å². The lowest BCUT2D eigenvalue weighted by Gasteiger charge is -2.12. The van der Waals surface area contributed by atoms with E-state index in [4.69, 9.17) is 9.47 Å². The van der Waals surface area contributed by atoms with Crippen molar-refractivity contribution in [1.82, 2.24) is 4.90 Å². The zero-order valence-corrected chi connectivity index (χ0v) is 17.7. The van der Waals surface area contributed by atoms with E-state index in [-0.39, 0.29) is 5.91 Å². The Hall–Kier alpha value is -2.99. The number of benzene rings is 2. The number of likely N-dealkylation sites (N-methyl/N-ethyl adjacent to an activating group) is 1. The summed E-state index contributed by atoms with van der Waals surface area (Å²) in [5.41, 5.74) is 2.84. The van der Waals surface area contributed by atoms with E-state index in [2.05, 4.69) is 30.6 Å². The summed E-state index contributed by atoms with van der Waals surface area (Å²) in [4.78, 5) is 19.5. The Bertz CT molecular complexity index is 965. The molecule has 0 unspecified atom stereocenters. The molecule has 150 valence electrons. The molecule has 1 aliphatic rings. The van der Waals surface area contributed by atoms with Crippen LogP contribution in [-0.2, 0) is 11.2 Å². The van der Waals surface area contributed by atoms with Gasteiger partial charge in [0.25, 0.3) is 5.91 Å². The van der Waals surface area contributed by atoms with Crippen LogP contribution in [0.3, 0.4) is 0 Å². The van der Waals surface area contributed by atoms with Gasteiger partial charge in [0.05, 0.1) is 17.7 Å². The average Bonchev–Trinajstić information content (AvgIpc) is 3.01. The van der Waals surface area contributed by atoms with Crippen LogP contribution in [0.2, 0.25) is 0 Å². The second kappa shape index (κ2) is 9.47. The van der Waals surface area contributed by atoms with E-state index in [1.807, 2.05) is 36.4 Å². The Balaban J connectivity index is 1.92. The van der Waals surface area contributed by atoms with E-state index in [1.165, 1.54) is 17.3 Å². The van der Waals surface area contributed by atoms with E-state index in [1.54, 1.807) is 25.1 Å². The molecule has 2 aromatic carbocycles. The lowest BCUT2D eigenvalue weighted by Crippen LogP contribution is -2.23. The summed E-state index contributed by atoms with van der Waals surface area (Å²) in [7, 11) is 3.32. The van der Waals surface area contributed by atoms with Crippen molar-refractivity contribution in [2.24, 2.45) is 4.99 Å². The second-order valence-corrected chi connectivity index (χ2v) is 7.38. The number of ether oxygens (including phenoxy) is 2. The highest BCUT2D eigenvalue weighted by Crippen LogP contribution is 2.37. The molecule has 1 fully saturated rings. The molecule has 1 heterocycles. The van der Waals surface area contributed by atoms with Gasteiger partial charge in [0.15, 0.2) is 16.7 Å². The number of hydrogen-bond acceptors (Lipinski definition) is 5. The zero-order valence-electron chi connectivity index (χ0n) is 16.8. The van der Waals surface area contributed by atoms with Gasteiger partial charge >= 0.3 is 0 Å². The molecule has 0 aliphatic carbocycles. The summed E-state index contributed by atoms with van der Waals surface area (Å²) in [6, 6.07) is 13.6. The van der Waals surface area contributed by atoms with Gasteiger partial charge in [0.2, 0.25) is 0 Å². The highest BCUT2D eigenvalue weighted by atomic mass is 32.2. The summed E-state index contributed by atoms with van der Waals surface area (Å²) in [5, 5.41) is 0.641. The van der Waals surface area contributed by atoms with Gasteiger partial charge in [-0.15, -0.1) is 0 Å². The number of carbonyl (C=O) groups is 1. The van der Waals surface area contributed by atoms with Crippen LogP contribution in [0.15, 0.2) is 65.0 Å². The van der Waals surface area contributed by atoms with Crippen molar-refractivity contribution in [3.63, 3.8) is 0 Å². The maximum absolute atomic E-state index is 12.8. The molecule has 1 saturated heterocycles. The molecule has 0 radical (unpaired) electrons. The first kappa shape index (κ1) is 20.7. The monoisotopic (exact) mass is 408 g/mol. The Morgan fingerprint density at radius 2 is 1.97 bits per heavy atom. The number of para-hydroxylation sites is 1. The summed E-state index contributed by atoms with van der Waals surface area (Å²) < 4.78 is 11.2. The van der Waals surface area contributed by atoms with Crippen LogP contribution in [0.1, 0.15) is 18.1 Å². The van der Waals surface area contributed by atoms with Gasteiger partial charge in [-0.3, -0.25) is 9.69 Å². The van der Waals surface area contributed by atoms with Crippen LogP contribution < -0.4 is 9.47 Å². The van der Waals surface area contributed by atoms with Crippen molar-refractivity contribution in [1.29, 1.82) is 0 Å². The normalized spacial score (nSPS) is 16.5. The molecule has 0 spiro atoms. The average molecular weight is 409 g/mol. The van der Waals surface area contributed by atoms with Crippen molar-refractivity contribution in [3.8, 4) is 11.5 Å². The number of aliphatic imine (C=N–C) groups is 1. The van der Waals surface area contributed by atoms with Crippen molar-refractivity contribution >= 4 is 34.6 Å². The van der Waals surface area contributed by atoms with Crippen LogP contribution in [0, 0.1) is 0 Å². The number of thioether (sulfide) groups is 1. The summed E-state index contributed by atoms with van der Waals surface area (Å²) in [5.74, 6) is 1.09. The van der Waals surface area contributed by atoms with Gasteiger partial charge in [0, 0.05) is 12.6 Å². The fourth-order valence-corrected chi connectivity index (χ4v) is 3.79. The van der Waals surface area contributed by atoms with Gasteiger partial charge in [-0.05, 0) is 48.0 Å². The van der Waals surface area contributed by atoms with Gasteiger partial charge < -0.3 is 9.47 Å². The van der Waals surface area contributed by atoms with Crippen molar-refractivity contribution in [2.45, 2.75) is 13.3 Å². The molecule has 6 heteroatoms. The molecule has 0 N–H and O–H groups in total. The van der Waals surface area contributed by atoms with E-state index < -0.39 is 0 Å². The van der Waals surface area contributed by atoms with E-state index in [0.717, 1.165) is 17.7 Å². The van der Waals surface area contributed by atoms with E-state index in [9.17, 15) is 4.79 Å². The molecular formula is C23H24N2O3S. The van der Waals surface area contributed by atoms with Gasteiger partial charge in [-0.1, -0.05) is 43.8 Å². The highest BCUT2D eigenvalue weighted by molar-refractivity contribution is 8.18. The molecule has 2 aromatic rings. The molecule has 0 atom stereocenters. The summed E-state index contributed by atoms with van der Waals surface area (Å²) in [6.07, 6.45) is 4.46. The number of hydrogen-bond donors (Lipinski definition) is 0. The fourth-order valence-electron chi connectivity index (χ4n) is 2.81. The number of amidine groups is 1. The largest absolute Gasteiger partial charge is 0.493 e. The predicted octanol–water partition coefficient (Wildman–Crippen LogP) is 5.06. The third-order valence-corrected chi connectivity index (χ3v) is 5.49. The van der Waals surface area contributed by atoms with E-state index in [0.29, 0.717) is 28.2 Å². The zero-order chi connectivity index (χ0) is 20.8. The third-order valence-electron chi connectivity index (χ3n) is 4.43. The number of nitrogens with zero attached hydrogens (tertiary/aromatic N) is 2. The first-order valence-electron chi connectivity index (χ1n) is 9.33. The minimum absolute atomic E-state index is 0.101. The Kier molecular flexibility index (Phi) is 6.77. The lowest BCUT2D eigenvalue weighted by molar-refractivity contribution is -0.121. The quantitative estimate of drug-likeness (QED) is 0.475. The van der Waals surface area contributed by atoms with Crippen molar-refractivity contribution in [2.75, 3.05) is 20.8 Å². The molecule has 1 aliphatic heterocycles. The molecule has 0 saturated carbocycles. The van der Waals surface area contributed by atoms with Gasteiger partial charge in [-0.2, -0.15) is 0 Å². The maximum atomic E-state index is 12.8. The number of aryl methyl sites for hydroxylation is 1. The molecule has 0 aromatic heterocycles. The van der Waals surface area contributed by atoms with Gasteiger partial charge in [-0.25, -0.2) is 4.99 Å². The smallest absolute Gasteiger partial charge is 0.266 e. The molecule has 3 rings (SSSR count). The number of rotatable bonds is 7.